The molecule has 2 nitrogen and oxygen atoms in total. The maximum absolute atomic E-state index is 3.77. The van der Waals surface area contributed by atoms with Gasteiger partial charge in [0.2, 0.25) is 0 Å². The molecule has 1 aliphatic heterocycles. The predicted octanol–water partition coefficient (Wildman–Crippen LogP) is 3.37. The van der Waals surface area contributed by atoms with Crippen molar-refractivity contribution >= 4 is 11.8 Å². The molecule has 1 heterocycles. The van der Waals surface area contributed by atoms with Crippen LogP contribution in [0.1, 0.15) is 52.9 Å². The van der Waals surface area contributed by atoms with E-state index in [9.17, 15) is 0 Å². The van der Waals surface area contributed by atoms with E-state index >= 15 is 0 Å². The standard InChI is InChI=1S/C16H32N2S/c1-5-13-10-17-16(12(2)3)11-18(13)14-7-6-8-15(9-14)19-4/h12-17H,5-11H2,1-4H3. The molecule has 2 aliphatic rings. The monoisotopic (exact) mass is 284 g/mol. The van der Waals surface area contributed by atoms with E-state index in [0.717, 1.165) is 23.3 Å². The Bertz CT molecular complexity index is 269. The molecular weight excluding hydrogens is 252 g/mol. The van der Waals surface area contributed by atoms with Crippen LogP contribution in [0.2, 0.25) is 0 Å². The van der Waals surface area contributed by atoms with Crippen LogP contribution in [-0.2, 0) is 0 Å². The van der Waals surface area contributed by atoms with Gasteiger partial charge >= 0.3 is 0 Å². The molecule has 1 N–H and O–H groups in total. The zero-order chi connectivity index (χ0) is 13.8. The molecular formula is C16H32N2S. The van der Waals surface area contributed by atoms with Crippen LogP contribution in [0.3, 0.4) is 0 Å². The molecule has 3 heteroatoms. The molecule has 0 spiro atoms. The molecule has 1 saturated carbocycles. The summed E-state index contributed by atoms with van der Waals surface area (Å²) in [5, 5.41) is 4.67. The number of rotatable bonds is 4. The summed E-state index contributed by atoms with van der Waals surface area (Å²) in [4.78, 5) is 2.86. The second-order valence-corrected chi connectivity index (χ2v) is 7.83. The number of nitrogens with one attached hydrogen (secondary N) is 1. The molecule has 0 amide bonds. The summed E-state index contributed by atoms with van der Waals surface area (Å²) in [5.41, 5.74) is 0. The van der Waals surface area contributed by atoms with E-state index in [1.165, 1.54) is 45.2 Å². The minimum Gasteiger partial charge on any atom is -0.311 e. The predicted molar refractivity (Wildman–Crippen MR) is 87.0 cm³/mol. The lowest BCUT2D eigenvalue weighted by molar-refractivity contribution is 0.0509. The van der Waals surface area contributed by atoms with Gasteiger partial charge in [-0.2, -0.15) is 11.8 Å². The fourth-order valence-corrected chi connectivity index (χ4v) is 4.57. The molecule has 0 aromatic carbocycles. The third-order valence-corrected chi connectivity index (χ3v) is 6.26. The Labute approximate surface area is 124 Å². The normalized spacial score (nSPS) is 37.7. The van der Waals surface area contributed by atoms with Crippen molar-refractivity contribution in [2.45, 2.75) is 76.3 Å². The molecule has 0 aromatic heterocycles. The van der Waals surface area contributed by atoms with E-state index in [1.807, 2.05) is 0 Å². The van der Waals surface area contributed by atoms with Crippen molar-refractivity contribution in [2.75, 3.05) is 19.3 Å². The lowest BCUT2D eigenvalue weighted by Gasteiger charge is -2.47. The second kappa shape index (κ2) is 7.33. The lowest BCUT2D eigenvalue weighted by Crippen LogP contribution is -2.61. The third-order valence-electron chi connectivity index (χ3n) is 5.17. The summed E-state index contributed by atoms with van der Waals surface area (Å²) >= 11 is 2.09. The molecule has 2 fully saturated rings. The average molecular weight is 285 g/mol. The van der Waals surface area contributed by atoms with E-state index in [2.05, 4.69) is 49.0 Å². The average Bonchev–Trinajstić information content (AvgIpc) is 2.46. The molecule has 4 atom stereocenters. The van der Waals surface area contributed by atoms with Crippen LogP contribution in [0.5, 0.6) is 0 Å². The topological polar surface area (TPSA) is 15.3 Å². The zero-order valence-corrected chi connectivity index (χ0v) is 14.0. The fourth-order valence-electron chi connectivity index (χ4n) is 3.75. The summed E-state index contributed by atoms with van der Waals surface area (Å²) in [6.45, 7) is 9.52. The molecule has 0 aromatic rings. The van der Waals surface area contributed by atoms with Crippen molar-refractivity contribution in [1.29, 1.82) is 0 Å². The maximum atomic E-state index is 3.77. The van der Waals surface area contributed by atoms with Crippen LogP contribution in [0, 0.1) is 5.92 Å². The van der Waals surface area contributed by atoms with E-state index in [0.29, 0.717) is 6.04 Å². The third kappa shape index (κ3) is 3.89. The van der Waals surface area contributed by atoms with E-state index < -0.39 is 0 Å². The Morgan fingerprint density at radius 1 is 1.32 bits per heavy atom. The largest absolute Gasteiger partial charge is 0.311 e. The van der Waals surface area contributed by atoms with Crippen LogP contribution >= 0.6 is 11.8 Å². The molecule has 1 aliphatic carbocycles. The number of piperazine rings is 1. The molecule has 0 radical (unpaired) electrons. The number of hydrogen-bond acceptors (Lipinski definition) is 3. The molecule has 19 heavy (non-hydrogen) atoms. The maximum Gasteiger partial charge on any atom is 0.0221 e. The van der Waals surface area contributed by atoms with Crippen LogP contribution in [0.4, 0.5) is 0 Å². The van der Waals surface area contributed by atoms with E-state index in [1.54, 1.807) is 0 Å². The quantitative estimate of drug-likeness (QED) is 0.852. The van der Waals surface area contributed by atoms with Crippen molar-refractivity contribution in [3.05, 3.63) is 0 Å². The lowest BCUT2D eigenvalue weighted by atomic mass is 9.89. The van der Waals surface area contributed by atoms with Gasteiger partial charge < -0.3 is 5.32 Å². The molecule has 4 unspecified atom stereocenters. The van der Waals surface area contributed by atoms with Crippen molar-refractivity contribution in [2.24, 2.45) is 5.92 Å². The molecule has 2 rings (SSSR count). The summed E-state index contributed by atoms with van der Waals surface area (Å²) < 4.78 is 0. The highest BCUT2D eigenvalue weighted by molar-refractivity contribution is 7.99. The second-order valence-electron chi connectivity index (χ2n) is 6.70. The van der Waals surface area contributed by atoms with Gasteiger partial charge in [-0.15, -0.1) is 0 Å². The first-order valence-corrected chi connectivity index (χ1v) is 9.46. The minimum atomic E-state index is 0.692. The van der Waals surface area contributed by atoms with Crippen LogP contribution in [0.15, 0.2) is 0 Å². The van der Waals surface area contributed by atoms with Gasteiger partial charge in [-0.05, 0) is 37.9 Å². The first-order valence-electron chi connectivity index (χ1n) is 8.17. The number of nitrogens with zero attached hydrogens (tertiary/aromatic N) is 1. The Hall–Kier alpha value is 0.270. The van der Waals surface area contributed by atoms with Gasteiger partial charge in [-0.3, -0.25) is 4.90 Å². The van der Waals surface area contributed by atoms with E-state index in [-0.39, 0.29) is 0 Å². The van der Waals surface area contributed by atoms with E-state index in [4.69, 9.17) is 0 Å². The smallest absolute Gasteiger partial charge is 0.0221 e. The molecule has 0 bridgehead atoms. The molecule has 112 valence electrons. The van der Waals surface area contributed by atoms with Crippen molar-refractivity contribution in [3.8, 4) is 0 Å². The van der Waals surface area contributed by atoms with Gasteiger partial charge in [-0.25, -0.2) is 0 Å². The van der Waals surface area contributed by atoms with Crippen molar-refractivity contribution < 1.29 is 0 Å². The highest BCUT2D eigenvalue weighted by atomic mass is 32.2. The minimum absolute atomic E-state index is 0.692. The van der Waals surface area contributed by atoms with Gasteiger partial charge in [0, 0.05) is 36.5 Å². The Kier molecular flexibility index (Phi) is 6.04. The van der Waals surface area contributed by atoms with Crippen molar-refractivity contribution in [1.82, 2.24) is 10.2 Å². The van der Waals surface area contributed by atoms with Crippen LogP contribution in [0.25, 0.3) is 0 Å². The SMILES string of the molecule is CCC1CNC(C(C)C)CN1C1CCCC(SC)C1. The Morgan fingerprint density at radius 2 is 2.11 bits per heavy atom. The Morgan fingerprint density at radius 3 is 2.74 bits per heavy atom. The van der Waals surface area contributed by atoms with Gasteiger partial charge in [0.25, 0.3) is 0 Å². The summed E-state index contributed by atoms with van der Waals surface area (Å²) in [5.74, 6) is 0.750. The summed E-state index contributed by atoms with van der Waals surface area (Å²) in [6, 6.07) is 2.30. The van der Waals surface area contributed by atoms with Gasteiger partial charge in [-0.1, -0.05) is 27.2 Å². The van der Waals surface area contributed by atoms with Crippen LogP contribution < -0.4 is 5.32 Å². The number of thioether (sulfide) groups is 1. The fraction of sp³-hybridized carbons (Fsp3) is 1.00. The first kappa shape index (κ1) is 15.7. The van der Waals surface area contributed by atoms with Crippen LogP contribution in [-0.4, -0.2) is 47.6 Å². The highest BCUT2D eigenvalue weighted by Gasteiger charge is 2.35. The summed E-state index contributed by atoms with van der Waals surface area (Å²) in [6.07, 6.45) is 9.30. The zero-order valence-electron chi connectivity index (χ0n) is 13.2. The summed E-state index contributed by atoms with van der Waals surface area (Å²) in [7, 11) is 0. The number of hydrogen-bond donors (Lipinski definition) is 1. The Balaban J connectivity index is 2.00. The highest BCUT2D eigenvalue weighted by Crippen LogP contribution is 2.32. The molecule has 1 saturated heterocycles. The first-order chi connectivity index (χ1) is 9.15. The van der Waals surface area contributed by atoms with Gasteiger partial charge in [0.15, 0.2) is 0 Å². The van der Waals surface area contributed by atoms with Crippen molar-refractivity contribution in [3.63, 3.8) is 0 Å². The van der Waals surface area contributed by atoms with Gasteiger partial charge in [0.1, 0.15) is 0 Å². The van der Waals surface area contributed by atoms with Gasteiger partial charge in [0.05, 0.1) is 0 Å².